The Labute approximate surface area is 218 Å². The van der Waals surface area contributed by atoms with Crippen LogP contribution in [0.2, 0.25) is 0 Å². The van der Waals surface area contributed by atoms with Crippen molar-refractivity contribution >= 4 is 32.7 Å². The van der Waals surface area contributed by atoms with E-state index in [4.69, 9.17) is 4.42 Å². The van der Waals surface area contributed by atoms with E-state index in [1.807, 2.05) is 42.2 Å². The van der Waals surface area contributed by atoms with Gasteiger partial charge in [0.15, 0.2) is 10.8 Å². The summed E-state index contributed by atoms with van der Waals surface area (Å²) >= 11 is 1.38. The number of likely N-dealkylation sites (tertiary alicyclic amines) is 1. The average molecular weight is 519 g/mol. The zero-order chi connectivity index (χ0) is 25.4. The van der Waals surface area contributed by atoms with Crippen molar-refractivity contribution in [2.45, 2.75) is 45.6 Å². The summed E-state index contributed by atoms with van der Waals surface area (Å²) in [4.78, 5) is 44.2. The van der Waals surface area contributed by atoms with Crippen molar-refractivity contribution in [2.75, 3.05) is 31.1 Å². The molecule has 0 spiro atoms. The lowest BCUT2D eigenvalue weighted by Gasteiger charge is -2.35. The van der Waals surface area contributed by atoms with E-state index in [-0.39, 0.29) is 18.0 Å². The molecule has 0 unspecified atom stereocenters. The summed E-state index contributed by atoms with van der Waals surface area (Å²) in [6, 6.07) is 9.71. The third-order valence-electron chi connectivity index (χ3n) is 7.39. The Balaban J connectivity index is 1.16. The lowest BCUT2D eigenvalue weighted by molar-refractivity contribution is -0.137. The second-order valence-electron chi connectivity index (χ2n) is 9.86. The Kier molecular flexibility index (Phi) is 6.50. The van der Waals surface area contributed by atoms with E-state index in [2.05, 4.69) is 19.9 Å². The number of benzene rings is 1. The van der Waals surface area contributed by atoms with Gasteiger partial charge in [-0.05, 0) is 51.2 Å². The van der Waals surface area contributed by atoms with Crippen LogP contribution >= 0.6 is 11.3 Å². The molecular weight excluding hydrogens is 488 g/mol. The molecule has 0 saturated carbocycles. The van der Waals surface area contributed by atoms with Crippen LogP contribution in [-0.2, 0) is 11.3 Å². The predicted octanol–water partition coefficient (Wildman–Crippen LogP) is 4.09. The number of nitrogens with zero attached hydrogens (tertiary/aromatic N) is 6. The molecule has 1 aromatic carbocycles. The van der Waals surface area contributed by atoms with Crippen LogP contribution in [0.15, 0.2) is 45.9 Å². The van der Waals surface area contributed by atoms with E-state index in [1.165, 1.54) is 24.1 Å². The fourth-order valence-electron chi connectivity index (χ4n) is 5.21. The molecule has 2 saturated heterocycles. The van der Waals surface area contributed by atoms with Gasteiger partial charge in [-0.15, -0.1) is 0 Å². The molecule has 10 heteroatoms. The fourth-order valence-corrected chi connectivity index (χ4v) is 6.23. The number of aromatic nitrogens is 4. The number of rotatable bonds is 5. The third-order valence-corrected chi connectivity index (χ3v) is 8.48. The fraction of sp³-hybridized carbons (Fsp3) is 0.444. The van der Waals surface area contributed by atoms with Crippen LogP contribution < -0.4 is 10.5 Å². The van der Waals surface area contributed by atoms with Crippen molar-refractivity contribution in [3.63, 3.8) is 0 Å². The molecule has 0 bridgehead atoms. The van der Waals surface area contributed by atoms with Crippen LogP contribution in [0.1, 0.15) is 43.6 Å². The van der Waals surface area contributed by atoms with Crippen LogP contribution in [0.25, 0.3) is 21.8 Å². The quantitative estimate of drug-likeness (QED) is 0.392. The average Bonchev–Trinajstić information content (AvgIpc) is 3.55. The summed E-state index contributed by atoms with van der Waals surface area (Å²) in [7, 11) is 0. The molecule has 0 N–H and O–H groups in total. The number of piperidine rings is 2. The summed E-state index contributed by atoms with van der Waals surface area (Å²) in [6.45, 7) is 5.46. The van der Waals surface area contributed by atoms with Crippen LogP contribution in [-0.4, -0.2) is 56.5 Å². The molecule has 6 rings (SSSR count). The number of carbonyl (C=O) groups is 1. The number of anilines is 1. The zero-order valence-corrected chi connectivity index (χ0v) is 21.7. The van der Waals surface area contributed by atoms with Crippen LogP contribution in [0, 0.1) is 12.8 Å². The Morgan fingerprint density at radius 1 is 1.05 bits per heavy atom. The number of oxazole rings is 1. The number of aryl methyl sites for hydroxylation is 1. The molecule has 4 aromatic rings. The van der Waals surface area contributed by atoms with Crippen molar-refractivity contribution in [1.82, 2.24) is 24.4 Å². The first-order chi connectivity index (χ1) is 18.1. The number of amides is 1. The van der Waals surface area contributed by atoms with Gasteiger partial charge in [-0.1, -0.05) is 29.5 Å². The van der Waals surface area contributed by atoms with Gasteiger partial charge in [0, 0.05) is 37.7 Å². The van der Waals surface area contributed by atoms with E-state index in [0.717, 1.165) is 62.6 Å². The van der Waals surface area contributed by atoms with E-state index >= 15 is 0 Å². The Morgan fingerprint density at radius 3 is 2.57 bits per heavy atom. The Hall–Kier alpha value is -3.53. The highest BCUT2D eigenvalue weighted by Gasteiger charge is 2.30. The second-order valence-corrected chi connectivity index (χ2v) is 10.8. The zero-order valence-electron chi connectivity index (χ0n) is 20.9. The maximum absolute atomic E-state index is 13.3. The van der Waals surface area contributed by atoms with E-state index < -0.39 is 0 Å². The van der Waals surface area contributed by atoms with Crippen molar-refractivity contribution < 1.29 is 9.21 Å². The summed E-state index contributed by atoms with van der Waals surface area (Å²) < 4.78 is 7.96. The molecule has 3 aromatic heterocycles. The molecule has 1 amide bonds. The van der Waals surface area contributed by atoms with Gasteiger partial charge in [0.25, 0.3) is 5.56 Å². The van der Waals surface area contributed by atoms with Crippen molar-refractivity contribution in [3.8, 4) is 11.5 Å². The number of hydrogen-bond acceptors (Lipinski definition) is 8. The van der Waals surface area contributed by atoms with E-state index in [1.54, 1.807) is 4.57 Å². The minimum Gasteiger partial charge on any atom is -0.441 e. The van der Waals surface area contributed by atoms with Gasteiger partial charge >= 0.3 is 0 Å². The van der Waals surface area contributed by atoms with E-state index in [9.17, 15) is 9.59 Å². The predicted molar refractivity (Wildman–Crippen MR) is 143 cm³/mol. The molecule has 192 valence electrons. The number of carbonyl (C=O) groups excluding carboxylic acids is 1. The summed E-state index contributed by atoms with van der Waals surface area (Å²) in [5, 5.41) is 0.796. The molecule has 37 heavy (non-hydrogen) atoms. The molecule has 0 aliphatic carbocycles. The van der Waals surface area contributed by atoms with Crippen LogP contribution in [0.5, 0.6) is 0 Å². The maximum atomic E-state index is 13.3. The van der Waals surface area contributed by atoms with Gasteiger partial charge < -0.3 is 14.2 Å². The molecule has 0 radical (unpaired) electrons. The van der Waals surface area contributed by atoms with Gasteiger partial charge in [0.05, 0.1) is 6.54 Å². The first kappa shape index (κ1) is 23.8. The van der Waals surface area contributed by atoms with Gasteiger partial charge in [-0.25, -0.2) is 9.97 Å². The topological polar surface area (TPSA) is 97.4 Å². The largest absolute Gasteiger partial charge is 0.441 e. The van der Waals surface area contributed by atoms with Crippen LogP contribution in [0.4, 0.5) is 5.13 Å². The molecule has 2 fully saturated rings. The minimum absolute atomic E-state index is 0.0885. The monoisotopic (exact) mass is 518 g/mol. The highest BCUT2D eigenvalue weighted by molar-refractivity contribution is 7.22. The Bertz CT molecular complexity index is 1460. The lowest BCUT2D eigenvalue weighted by Crippen LogP contribution is -2.44. The lowest BCUT2D eigenvalue weighted by atomic mass is 9.94. The third kappa shape index (κ3) is 4.77. The van der Waals surface area contributed by atoms with Gasteiger partial charge in [0.2, 0.25) is 11.8 Å². The normalized spacial score (nSPS) is 17.0. The van der Waals surface area contributed by atoms with Crippen molar-refractivity contribution in [3.05, 3.63) is 58.5 Å². The number of thiazole rings is 1. The summed E-state index contributed by atoms with van der Waals surface area (Å²) in [6.07, 6.45) is 6.63. The first-order valence-electron chi connectivity index (χ1n) is 13.0. The van der Waals surface area contributed by atoms with E-state index in [0.29, 0.717) is 33.6 Å². The van der Waals surface area contributed by atoms with Gasteiger partial charge in [-0.2, -0.15) is 4.98 Å². The second kappa shape index (κ2) is 10.1. The van der Waals surface area contributed by atoms with Crippen molar-refractivity contribution in [2.24, 2.45) is 5.92 Å². The molecule has 0 atom stereocenters. The molecule has 9 nitrogen and oxygen atoms in total. The highest BCUT2D eigenvalue weighted by atomic mass is 32.1. The Morgan fingerprint density at radius 2 is 1.81 bits per heavy atom. The van der Waals surface area contributed by atoms with Gasteiger partial charge in [-0.3, -0.25) is 14.2 Å². The summed E-state index contributed by atoms with van der Waals surface area (Å²) in [5.74, 6) is 1.62. The molecule has 5 heterocycles. The summed E-state index contributed by atoms with van der Waals surface area (Å²) in [5.41, 5.74) is 1.93. The molecule has 2 aliphatic rings. The smallest absolute Gasteiger partial charge is 0.273 e. The first-order valence-corrected chi connectivity index (χ1v) is 13.8. The maximum Gasteiger partial charge on any atom is 0.273 e. The highest BCUT2D eigenvalue weighted by Crippen LogP contribution is 2.30. The van der Waals surface area contributed by atoms with Crippen molar-refractivity contribution in [1.29, 1.82) is 0 Å². The molecular formula is C27H30N6O3S. The SMILES string of the molecule is Cc1oc(-c2ccccc2)nc1Cn1cnc2nc(N3CCC(C(=O)N4CCCCC4)CC3)sc2c1=O. The standard InChI is InChI=1S/C27H30N6O3S/c1-18-21(29-24(36-18)19-8-4-2-5-9-19)16-33-17-28-23-22(26(33)35)37-27(30-23)32-14-10-20(11-15-32)25(34)31-12-6-3-7-13-31/h2,4-5,8-9,17,20H,3,6-7,10-16H2,1H3. The van der Waals surface area contributed by atoms with Crippen LogP contribution in [0.3, 0.4) is 0 Å². The minimum atomic E-state index is -0.132. The number of fused-ring (bicyclic) bond motifs is 1. The van der Waals surface area contributed by atoms with Gasteiger partial charge in [0.1, 0.15) is 22.5 Å². The number of hydrogen-bond donors (Lipinski definition) is 0. The molecule has 2 aliphatic heterocycles.